The predicted molar refractivity (Wildman–Crippen MR) is 89.5 cm³/mol. The van der Waals surface area contributed by atoms with E-state index < -0.39 is 5.60 Å². The van der Waals surface area contributed by atoms with Gasteiger partial charge in [0.15, 0.2) is 0 Å². The highest BCUT2D eigenvalue weighted by Gasteiger charge is 2.26. The number of carbonyl (C=O) groups is 1. The lowest BCUT2D eigenvalue weighted by molar-refractivity contribution is -0.126. The maximum Gasteiger partial charge on any atom is 0.223 e. The van der Waals surface area contributed by atoms with Gasteiger partial charge in [0, 0.05) is 18.9 Å². The molecular weight excluding hydrogens is 290 g/mol. The summed E-state index contributed by atoms with van der Waals surface area (Å²) in [5.41, 5.74) is -0.449. The SMILES string of the molecule is CC(C)Cn1ccnc1CNC(=O)CC(C)(O)c1ccccc1. The molecule has 0 aliphatic heterocycles. The molecule has 0 saturated heterocycles. The molecule has 0 fully saturated rings. The molecule has 0 saturated carbocycles. The number of carbonyl (C=O) groups excluding carboxylic acids is 1. The number of aliphatic hydroxyl groups is 1. The molecule has 1 heterocycles. The second kappa shape index (κ2) is 7.42. The first-order valence-electron chi connectivity index (χ1n) is 7.93. The third-order valence-corrected chi connectivity index (χ3v) is 3.71. The van der Waals surface area contributed by atoms with Gasteiger partial charge in [0.05, 0.1) is 18.6 Å². The number of hydrogen-bond acceptors (Lipinski definition) is 3. The molecular formula is C18H25N3O2. The first-order valence-corrected chi connectivity index (χ1v) is 7.93. The van der Waals surface area contributed by atoms with E-state index >= 15 is 0 Å². The van der Waals surface area contributed by atoms with Crippen LogP contribution in [0.1, 0.15) is 38.6 Å². The van der Waals surface area contributed by atoms with Gasteiger partial charge in [-0.3, -0.25) is 4.79 Å². The average molecular weight is 315 g/mol. The summed E-state index contributed by atoms with van der Waals surface area (Å²) in [5.74, 6) is 1.14. The normalized spacial score (nSPS) is 13.8. The predicted octanol–water partition coefficient (Wildman–Crippen LogP) is 2.45. The Morgan fingerprint density at radius 3 is 2.70 bits per heavy atom. The molecule has 1 aromatic carbocycles. The van der Waals surface area contributed by atoms with Crippen LogP contribution in [0.3, 0.4) is 0 Å². The maximum atomic E-state index is 12.2. The van der Waals surface area contributed by atoms with E-state index in [1.165, 1.54) is 0 Å². The van der Waals surface area contributed by atoms with Crippen molar-refractivity contribution >= 4 is 5.91 Å². The van der Waals surface area contributed by atoms with Crippen LogP contribution in [-0.4, -0.2) is 20.6 Å². The molecule has 1 amide bonds. The fraction of sp³-hybridized carbons (Fsp3) is 0.444. The lowest BCUT2D eigenvalue weighted by atomic mass is 9.92. The number of nitrogens with zero attached hydrogens (tertiary/aromatic N) is 2. The lowest BCUT2D eigenvalue weighted by Gasteiger charge is -2.23. The number of nitrogens with one attached hydrogen (secondary N) is 1. The van der Waals surface area contributed by atoms with Crippen molar-refractivity contribution in [1.29, 1.82) is 0 Å². The number of hydrogen-bond donors (Lipinski definition) is 2. The summed E-state index contributed by atoms with van der Waals surface area (Å²) in [4.78, 5) is 16.4. The topological polar surface area (TPSA) is 67.2 Å². The molecule has 5 nitrogen and oxygen atoms in total. The highest BCUT2D eigenvalue weighted by molar-refractivity contribution is 5.77. The van der Waals surface area contributed by atoms with Crippen LogP contribution in [0.15, 0.2) is 42.7 Å². The summed E-state index contributed by atoms with van der Waals surface area (Å²) in [5, 5.41) is 13.3. The van der Waals surface area contributed by atoms with Crippen molar-refractivity contribution in [3.8, 4) is 0 Å². The van der Waals surface area contributed by atoms with Gasteiger partial charge in [-0.1, -0.05) is 44.2 Å². The summed E-state index contributed by atoms with van der Waals surface area (Å²) in [6.45, 7) is 7.16. The number of amides is 1. The molecule has 124 valence electrons. The zero-order chi connectivity index (χ0) is 16.9. The molecule has 0 radical (unpaired) electrons. The van der Waals surface area contributed by atoms with E-state index in [2.05, 4.69) is 24.1 Å². The van der Waals surface area contributed by atoms with Crippen molar-refractivity contribution in [2.75, 3.05) is 0 Å². The van der Waals surface area contributed by atoms with Gasteiger partial charge >= 0.3 is 0 Å². The molecule has 2 aromatic rings. The molecule has 0 aliphatic rings. The quantitative estimate of drug-likeness (QED) is 0.825. The van der Waals surface area contributed by atoms with E-state index in [0.29, 0.717) is 12.5 Å². The van der Waals surface area contributed by atoms with Crippen molar-refractivity contribution in [3.63, 3.8) is 0 Å². The third kappa shape index (κ3) is 4.93. The average Bonchev–Trinajstić information content (AvgIpc) is 2.92. The second-order valence-corrected chi connectivity index (χ2v) is 6.48. The van der Waals surface area contributed by atoms with E-state index in [1.807, 2.05) is 41.1 Å². The van der Waals surface area contributed by atoms with E-state index in [-0.39, 0.29) is 12.3 Å². The van der Waals surface area contributed by atoms with Crippen molar-refractivity contribution in [3.05, 3.63) is 54.1 Å². The Labute approximate surface area is 137 Å². The molecule has 0 spiro atoms. The van der Waals surface area contributed by atoms with Crippen LogP contribution in [0.2, 0.25) is 0 Å². The molecule has 23 heavy (non-hydrogen) atoms. The highest BCUT2D eigenvalue weighted by Crippen LogP contribution is 2.23. The van der Waals surface area contributed by atoms with E-state index in [0.717, 1.165) is 17.9 Å². The van der Waals surface area contributed by atoms with Crippen molar-refractivity contribution in [2.24, 2.45) is 5.92 Å². The second-order valence-electron chi connectivity index (χ2n) is 6.48. The summed E-state index contributed by atoms with van der Waals surface area (Å²) in [6, 6.07) is 9.23. The fourth-order valence-electron chi connectivity index (χ4n) is 2.52. The van der Waals surface area contributed by atoms with Gasteiger partial charge in [0.1, 0.15) is 5.82 Å². The van der Waals surface area contributed by atoms with Gasteiger partial charge in [-0.25, -0.2) is 4.98 Å². The Balaban J connectivity index is 1.92. The summed E-state index contributed by atoms with van der Waals surface area (Å²) in [7, 11) is 0. The van der Waals surface area contributed by atoms with Crippen LogP contribution in [-0.2, 0) is 23.5 Å². The monoisotopic (exact) mass is 315 g/mol. The van der Waals surface area contributed by atoms with Gasteiger partial charge in [0.25, 0.3) is 0 Å². The number of aromatic nitrogens is 2. The van der Waals surface area contributed by atoms with Crippen LogP contribution < -0.4 is 5.32 Å². The van der Waals surface area contributed by atoms with Gasteiger partial charge in [-0.15, -0.1) is 0 Å². The summed E-state index contributed by atoms with van der Waals surface area (Å²) >= 11 is 0. The first-order chi connectivity index (χ1) is 10.9. The zero-order valence-electron chi connectivity index (χ0n) is 14.0. The third-order valence-electron chi connectivity index (χ3n) is 3.71. The summed E-state index contributed by atoms with van der Waals surface area (Å²) < 4.78 is 2.04. The molecule has 2 N–H and O–H groups in total. The Morgan fingerprint density at radius 2 is 2.04 bits per heavy atom. The van der Waals surface area contributed by atoms with E-state index in [1.54, 1.807) is 13.1 Å². The van der Waals surface area contributed by atoms with E-state index in [4.69, 9.17) is 0 Å². The maximum absolute atomic E-state index is 12.2. The largest absolute Gasteiger partial charge is 0.385 e. The Morgan fingerprint density at radius 1 is 1.35 bits per heavy atom. The number of benzene rings is 1. The van der Waals surface area contributed by atoms with Crippen LogP contribution in [0, 0.1) is 5.92 Å². The molecule has 0 bridgehead atoms. The standard InChI is InChI=1S/C18H25N3O2/c1-14(2)13-21-10-9-19-16(21)12-20-17(22)11-18(3,23)15-7-5-4-6-8-15/h4-10,14,23H,11-13H2,1-3H3,(H,20,22). The Hall–Kier alpha value is -2.14. The van der Waals surface area contributed by atoms with Crippen molar-refractivity contribution < 1.29 is 9.90 Å². The minimum atomic E-state index is -1.18. The fourth-order valence-corrected chi connectivity index (χ4v) is 2.52. The van der Waals surface area contributed by atoms with Gasteiger partial charge in [0.2, 0.25) is 5.91 Å². The highest BCUT2D eigenvalue weighted by atomic mass is 16.3. The molecule has 1 atom stereocenters. The van der Waals surface area contributed by atoms with Crippen LogP contribution in [0.25, 0.3) is 0 Å². The number of imidazole rings is 1. The summed E-state index contributed by atoms with van der Waals surface area (Å²) in [6.07, 6.45) is 3.67. The molecule has 0 aliphatic carbocycles. The van der Waals surface area contributed by atoms with E-state index in [9.17, 15) is 9.90 Å². The zero-order valence-corrected chi connectivity index (χ0v) is 14.0. The van der Waals surface area contributed by atoms with Crippen LogP contribution in [0.4, 0.5) is 0 Å². The van der Waals surface area contributed by atoms with Gasteiger partial charge in [-0.2, -0.15) is 0 Å². The minimum absolute atomic E-state index is 0.0158. The first kappa shape index (κ1) is 17.2. The smallest absolute Gasteiger partial charge is 0.223 e. The lowest BCUT2D eigenvalue weighted by Crippen LogP contribution is -2.33. The van der Waals surface area contributed by atoms with Crippen molar-refractivity contribution in [2.45, 2.75) is 45.9 Å². The molecule has 2 rings (SSSR count). The van der Waals surface area contributed by atoms with Crippen molar-refractivity contribution in [1.82, 2.24) is 14.9 Å². The van der Waals surface area contributed by atoms with Gasteiger partial charge < -0.3 is 15.0 Å². The van der Waals surface area contributed by atoms with Crippen LogP contribution in [0.5, 0.6) is 0 Å². The van der Waals surface area contributed by atoms with Crippen LogP contribution >= 0.6 is 0 Å². The van der Waals surface area contributed by atoms with Gasteiger partial charge in [-0.05, 0) is 18.4 Å². The molecule has 5 heteroatoms. The number of rotatable bonds is 7. The Kier molecular flexibility index (Phi) is 5.55. The Bertz CT molecular complexity index is 633. The molecule has 1 unspecified atom stereocenters. The minimum Gasteiger partial charge on any atom is -0.385 e. The molecule has 1 aromatic heterocycles.